The molecular weight excluding hydrogens is 340 g/mol. The molecule has 2 rings (SSSR count). The Morgan fingerprint density at radius 3 is 2.36 bits per heavy atom. The van der Waals surface area contributed by atoms with Crippen LogP contribution in [0.15, 0.2) is 24.3 Å². The monoisotopic (exact) mass is 366 g/mol. The molecule has 1 N–H and O–H groups in total. The van der Waals surface area contributed by atoms with Gasteiger partial charge < -0.3 is 15.0 Å². The first-order chi connectivity index (χ1) is 11.7. The van der Waals surface area contributed by atoms with Gasteiger partial charge in [-0.05, 0) is 57.7 Å². The Kier molecular flexibility index (Phi) is 6.71. The number of carbonyl (C=O) groups excluding carboxylic acids is 2. The van der Waals surface area contributed by atoms with Gasteiger partial charge in [0.05, 0.1) is 0 Å². The van der Waals surface area contributed by atoms with Gasteiger partial charge >= 0.3 is 6.09 Å². The van der Waals surface area contributed by atoms with Crippen molar-refractivity contribution in [2.75, 3.05) is 13.1 Å². The lowest BCUT2D eigenvalue weighted by Crippen LogP contribution is -2.47. The highest BCUT2D eigenvalue weighted by atomic mass is 35.5. The van der Waals surface area contributed by atoms with Crippen molar-refractivity contribution in [3.63, 3.8) is 0 Å². The van der Waals surface area contributed by atoms with E-state index in [2.05, 4.69) is 5.32 Å². The van der Waals surface area contributed by atoms with Crippen molar-refractivity contribution in [1.82, 2.24) is 10.2 Å². The number of hydrogen-bond acceptors (Lipinski definition) is 3. The van der Waals surface area contributed by atoms with E-state index >= 15 is 0 Å². The van der Waals surface area contributed by atoms with Crippen molar-refractivity contribution < 1.29 is 14.3 Å². The molecule has 0 radical (unpaired) electrons. The third-order valence-corrected chi connectivity index (χ3v) is 4.32. The molecule has 1 saturated heterocycles. The Morgan fingerprint density at radius 1 is 1.20 bits per heavy atom. The molecule has 0 bridgehead atoms. The van der Waals surface area contributed by atoms with E-state index in [1.807, 2.05) is 45.0 Å². The van der Waals surface area contributed by atoms with Crippen LogP contribution in [0.5, 0.6) is 0 Å². The molecule has 0 aliphatic carbocycles. The van der Waals surface area contributed by atoms with Gasteiger partial charge in [-0.3, -0.25) is 4.79 Å². The number of ether oxygens (including phenoxy) is 1. The molecule has 6 heteroatoms. The van der Waals surface area contributed by atoms with Crippen LogP contribution in [0, 0.1) is 0 Å². The molecule has 0 unspecified atom stereocenters. The van der Waals surface area contributed by atoms with E-state index in [0.717, 1.165) is 18.4 Å². The molecule has 1 heterocycles. The zero-order valence-electron chi connectivity index (χ0n) is 15.2. The summed E-state index contributed by atoms with van der Waals surface area (Å²) in [5.41, 5.74) is 0.614. The van der Waals surface area contributed by atoms with E-state index in [-0.39, 0.29) is 18.0 Å². The second-order valence-electron chi connectivity index (χ2n) is 7.44. The zero-order valence-corrected chi connectivity index (χ0v) is 15.9. The fourth-order valence-electron chi connectivity index (χ4n) is 2.74. The van der Waals surface area contributed by atoms with Gasteiger partial charge in [-0.1, -0.05) is 23.7 Å². The summed E-state index contributed by atoms with van der Waals surface area (Å²) in [7, 11) is 0. The van der Waals surface area contributed by atoms with Crippen LogP contribution in [0.1, 0.15) is 45.6 Å². The van der Waals surface area contributed by atoms with Gasteiger partial charge in [-0.15, -0.1) is 0 Å². The van der Waals surface area contributed by atoms with Crippen molar-refractivity contribution in [2.45, 2.75) is 58.1 Å². The number of nitrogens with zero attached hydrogens (tertiary/aromatic N) is 1. The minimum Gasteiger partial charge on any atom is -0.444 e. The Balaban J connectivity index is 1.69. The van der Waals surface area contributed by atoms with Gasteiger partial charge in [0.15, 0.2) is 0 Å². The summed E-state index contributed by atoms with van der Waals surface area (Å²) in [6, 6.07) is 7.67. The van der Waals surface area contributed by atoms with Gasteiger partial charge in [0.25, 0.3) is 0 Å². The molecule has 0 saturated carbocycles. The summed E-state index contributed by atoms with van der Waals surface area (Å²) < 4.78 is 5.38. The van der Waals surface area contributed by atoms with Crippen molar-refractivity contribution >= 4 is 23.6 Å². The summed E-state index contributed by atoms with van der Waals surface area (Å²) in [6.07, 6.45) is 2.38. The van der Waals surface area contributed by atoms with Crippen LogP contribution in [-0.4, -0.2) is 41.6 Å². The minimum atomic E-state index is -0.482. The van der Waals surface area contributed by atoms with E-state index in [0.29, 0.717) is 31.0 Å². The third-order valence-electron chi connectivity index (χ3n) is 4.07. The first kappa shape index (κ1) is 19.6. The summed E-state index contributed by atoms with van der Waals surface area (Å²) in [4.78, 5) is 25.9. The molecule has 1 aromatic rings. The molecule has 1 aromatic carbocycles. The van der Waals surface area contributed by atoms with Gasteiger partial charge in [-0.25, -0.2) is 4.79 Å². The van der Waals surface area contributed by atoms with Crippen LogP contribution in [0.3, 0.4) is 0 Å². The number of rotatable bonds is 4. The lowest BCUT2D eigenvalue weighted by Gasteiger charge is -2.33. The fourth-order valence-corrected chi connectivity index (χ4v) is 2.87. The van der Waals surface area contributed by atoms with E-state index < -0.39 is 5.60 Å². The number of halogens is 1. The standard InChI is InChI=1S/C19H27ClN2O3/c1-19(2,3)25-18(24)22-12-10-16(11-13-22)21-17(23)9-6-14-4-7-15(20)8-5-14/h4-5,7-8,16H,6,9-13H2,1-3H3,(H,21,23). The van der Waals surface area contributed by atoms with Crippen LogP contribution in [0.25, 0.3) is 0 Å². The van der Waals surface area contributed by atoms with Crippen molar-refractivity contribution in [2.24, 2.45) is 0 Å². The smallest absolute Gasteiger partial charge is 0.410 e. The van der Waals surface area contributed by atoms with Crippen LogP contribution in [-0.2, 0) is 16.0 Å². The second-order valence-corrected chi connectivity index (χ2v) is 7.87. The van der Waals surface area contributed by atoms with Gasteiger partial charge in [0, 0.05) is 30.6 Å². The van der Waals surface area contributed by atoms with E-state index in [1.165, 1.54) is 0 Å². The first-order valence-corrected chi connectivity index (χ1v) is 9.12. The number of carbonyl (C=O) groups is 2. The number of hydrogen-bond donors (Lipinski definition) is 1. The highest BCUT2D eigenvalue weighted by molar-refractivity contribution is 6.30. The molecule has 5 nitrogen and oxygen atoms in total. The number of benzene rings is 1. The largest absolute Gasteiger partial charge is 0.444 e. The molecule has 25 heavy (non-hydrogen) atoms. The number of piperidine rings is 1. The number of nitrogens with one attached hydrogen (secondary N) is 1. The molecule has 0 spiro atoms. The highest BCUT2D eigenvalue weighted by Crippen LogP contribution is 2.16. The maximum absolute atomic E-state index is 12.1. The summed E-state index contributed by atoms with van der Waals surface area (Å²) >= 11 is 5.86. The molecule has 0 atom stereocenters. The van der Waals surface area contributed by atoms with Crippen molar-refractivity contribution in [3.8, 4) is 0 Å². The topological polar surface area (TPSA) is 58.6 Å². The maximum atomic E-state index is 12.1. The minimum absolute atomic E-state index is 0.0469. The second kappa shape index (κ2) is 8.56. The Morgan fingerprint density at radius 2 is 1.80 bits per heavy atom. The summed E-state index contributed by atoms with van der Waals surface area (Å²) in [6.45, 7) is 6.80. The lowest BCUT2D eigenvalue weighted by molar-refractivity contribution is -0.122. The summed E-state index contributed by atoms with van der Waals surface area (Å²) in [5.74, 6) is 0.0469. The Bertz CT molecular complexity index is 588. The fraction of sp³-hybridized carbons (Fsp3) is 0.579. The summed E-state index contributed by atoms with van der Waals surface area (Å²) in [5, 5.41) is 3.76. The lowest BCUT2D eigenvalue weighted by atomic mass is 10.0. The number of likely N-dealkylation sites (tertiary alicyclic amines) is 1. The quantitative estimate of drug-likeness (QED) is 0.881. The van der Waals surface area contributed by atoms with Crippen molar-refractivity contribution in [1.29, 1.82) is 0 Å². The van der Waals surface area contributed by atoms with Crippen LogP contribution in [0.4, 0.5) is 4.79 Å². The Hall–Kier alpha value is -1.75. The van der Waals surface area contributed by atoms with Gasteiger partial charge in [0.2, 0.25) is 5.91 Å². The average Bonchev–Trinajstić information content (AvgIpc) is 2.53. The Labute approximate surface area is 154 Å². The zero-order chi connectivity index (χ0) is 18.4. The predicted octanol–water partition coefficient (Wildman–Crippen LogP) is 3.79. The number of aryl methyl sites for hydroxylation is 1. The maximum Gasteiger partial charge on any atom is 0.410 e. The van der Waals surface area contributed by atoms with E-state index in [4.69, 9.17) is 16.3 Å². The third kappa shape index (κ3) is 6.94. The van der Waals surface area contributed by atoms with E-state index in [9.17, 15) is 9.59 Å². The van der Waals surface area contributed by atoms with Crippen LogP contribution < -0.4 is 5.32 Å². The molecule has 1 fully saturated rings. The SMILES string of the molecule is CC(C)(C)OC(=O)N1CCC(NC(=O)CCc2ccc(Cl)cc2)CC1. The first-order valence-electron chi connectivity index (χ1n) is 8.75. The van der Waals surface area contributed by atoms with Crippen molar-refractivity contribution in [3.05, 3.63) is 34.9 Å². The average molecular weight is 367 g/mol. The van der Waals surface area contributed by atoms with Gasteiger partial charge in [0.1, 0.15) is 5.60 Å². The van der Waals surface area contributed by atoms with E-state index in [1.54, 1.807) is 4.90 Å². The van der Waals surface area contributed by atoms with Gasteiger partial charge in [-0.2, -0.15) is 0 Å². The van der Waals surface area contributed by atoms with Crippen LogP contribution >= 0.6 is 11.6 Å². The number of amides is 2. The normalized spacial score (nSPS) is 15.8. The van der Waals surface area contributed by atoms with Crippen LogP contribution in [0.2, 0.25) is 5.02 Å². The molecule has 2 amide bonds. The molecule has 138 valence electrons. The highest BCUT2D eigenvalue weighted by Gasteiger charge is 2.27. The molecule has 0 aromatic heterocycles. The molecule has 1 aliphatic heterocycles. The molecular formula is C19H27ClN2O3. The predicted molar refractivity (Wildman–Crippen MR) is 98.7 cm³/mol. The molecule has 1 aliphatic rings.